The molecule has 2 aliphatic rings. The van der Waals surface area contributed by atoms with E-state index >= 15 is 0 Å². The molecule has 0 spiro atoms. The summed E-state index contributed by atoms with van der Waals surface area (Å²) in [6.45, 7) is 11.8. The van der Waals surface area contributed by atoms with Crippen molar-refractivity contribution >= 4 is 5.91 Å². The fourth-order valence-corrected chi connectivity index (χ4v) is 4.77. The van der Waals surface area contributed by atoms with Crippen LogP contribution in [0.4, 0.5) is 0 Å². The van der Waals surface area contributed by atoms with Crippen molar-refractivity contribution in [2.75, 3.05) is 26.2 Å². The van der Waals surface area contributed by atoms with E-state index in [4.69, 9.17) is 5.26 Å². The van der Waals surface area contributed by atoms with Crippen LogP contribution < -0.4 is 9.80 Å². The van der Waals surface area contributed by atoms with Crippen LogP contribution in [0.25, 0.3) is 0 Å². The summed E-state index contributed by atoms with van der Waals surface area (Å²) < 4.78 is 0. The second kappa shape index (κ2) is 8.86. The lowest BCUT2D eigenvalue weighted by atomic mass is 9.96. The fourth-order valence-electron chi connectivity index (χ4n) is 4.77. The highest BCUT2D eigenvalue weighted by Crippen LogP contribution is 2.22. The van der Waals surface area contributed by atoms with E-state index in [0.29, 0.717) is 18.0 Å². The Bertz CT molecular complexity index is 663. The maximum atomic E-state index is 13.1. The zero-order valence-electron chi connectivity index (χ0n) is 17.0. The van der Waals surface area contributed by atoms with Gasteiger partial charge in [-0.05, 0) is 52.2 Å². The average molecular weight is 371 g/mol. The second-order valence-electron chi connectivity index (χ2n) is 8.49. The quantitative estimate of drug-likeness (QED) is 0.785. The van der Waals surface area contributed by atoms with Crippen molar-refractivity contribution in [1.82, 2.24) is 4.90 Å². The topological polar surface area (TPSA) is 53.0 Å². The number of nitriles is 1. The number of rotatable bonds is 4. The molecule has 1 aromatic rings. The highest BCUT2D eigenvalue weighted by atomic mass is 16.2. The summed E-state index contributed by atoms with van der Waals surface area (Å²) in [5.41, 5.74) is 2.00. The van der Waals surface area contributed by atoms with E-state index in [1.165, 1.54) is 16.9 Å². The molecular formula is C22H34N4O+2. The molecule has 27 heavy (non-hydrogen) atoms. The fraction of sp³-hybridized carbons (Fsp3) is 0.636. The normalized spacial score (nSPS) is 29.8. The molecule has 1 amide bonds. The van der Waals surface area contributed by atoms with Crippen molar-refractivity contribution < 1.29 is 14.6 Å². The minimum Gasteiger partial charge on any atom is -0.332 e. The van der Waals surface area contributed by atoms with Gasteiger partial charge in [0.25, 0.3) is 5.91 Å². The van der Waals surface area contributed by atoms with Crippen LogP contribution in [-0.2, 0) is 11.3 Å². The number of carbonyl (C=O) groups excluding carboxylic acids is 1. The van der Waals surface area contributed by atoms with Crippen molar-refractivity contribution in [3.05, 3.63) is 35.4 Å². The summed E-state index contributed by atoms with van der Waals surface area (Å²) in [4.78, 5) is 18.3. The van der Waals surface area contributed by atoms with Crippen LogP contribution in [0.15, 0.2) is 24.3 Å². The van der Waals surface area contributed by atoms with Gasteiger partial charge in [0.2, 0.25) is 0 Å². The second-order valence-corrected chi connectivity index (χ2v) is 8.49. The van der Waals surface area contributed by atoms with Crippen LogP contribution in [0.2, 0.25) is 0 Å². The maximum Gasteiger partial charge on any atom is 0.281 e. The van der Waals surface area contributed by atoms with E-state index in [-0.39, 0.29) is 6.04 Å². The summed E-state index contributed by atoms with van der Waals surface area (Å²) >= 11 is 0. The molecule has 0 aliphatic carbocycles. The lowest BCUT2D eigenvalue weighted by molar-refractivity contribution is -1.02. The minimum atomic E-state index is 0.0597. The Labute approximate surface area is 163 Å². The van der Waals surface area contributed by atoms with Gasteiger partial charge >= 0.3 is 0 Å². The third kappa shape index (κ3) is 4.69. The number of hydrogen-bond donors (Lipinski definition) is 2. The Morgan fingerprint density at radius 1 is 1.15 bits per heavy atom. The van der Waals surface area contributed by atoms with E-state index in [1.807, 2.05) is 12.1 Å². The molecule has 2 heterocycles. The Morgan fingerprint density at radius 2 is 1.74 bits per heavy atom. The molecule has 2 fully saturated rings. The Hall–Kier alpha value is -1.90. The van der Waals surface area contributed by atoms with Gasteiger partial charge in [0, 0.05) is 17.6 Å². The maximum absolute atomic E-state index is 13.1. The third-order valence-electron chi connectivity index (χ3n) is 6.57. The minimum absolute atomic E-state index is 0.0597. The van der Waals surface area contributed by atoms with Gasteiger partial charge in [-0.2, -0.15) is 5.26 Å². The molecule has 1 aromatic carbocycles. The Morgan fingerprint density at radius 3 is 2.30 bits per heavy atom. The number of hydrogen-bond acceptors (Lipinski definition) is 2. The molecule has 0 unspecified atom stereocenters. The monoisotopic (exact) mass is 370 g/mol. The van der Waals surface area contributed by atoms with Gasteiger partial charge in [-0.1, -0.05) is 12.1 Å². The Kier molecular flexibility index (Phi) is 6.51. The molecular weight excluding hydrogens is 336 g/mol. The van der Waals surface area contributed by atoms with Crippen molar-refractivity contribution in [2.45, 2.75) is 64.7 Å². The van der Waals surface area contributed by atoms with E-state index in [1.54, 1.807) is 4.90 Å². The highest BCUT2D eigenvalue weighted by molar-refractivity contribution is 5.80. The van der Waals surface area contributed by atoms with Crippen molar-refractivity contribution in [1.29, 1.82) is 5.26 Å². The number of piperazine rings is 1. The van der Waals surface area contributed by atoms with Crippen LogP contribution in [0.5, 0.6) is 0 Å². The molecule has 2 saturated heterocycles. The molecule has 146 valence electrons. The van der Waals surface area contributed by atoms with Gasteiger partial charge in [-0.15, -0.1) is 0 Å². The van der Waals surface area contributed by atoms with Gasteiger partial charge in [0.05, 0.1) is 11.6 Å². The van der Waals surface area contributed by atoms with Crippen LogP contribution in [0.1, 0.15) is 51.2 Å². The number of likely N-dealkylation sites (tertiary alicyclic amines) is 1. The average Bonchev–Trinajstić information content (AvgIpc) is 2.68. The van der Waals surface area contributed by atoms with Crippen LogP contribution in [0, 0.1) is 11.3 Å². The predicted molar refractivity (Wildman–Crippen MR) is 105 cm³/mol. The largest absolute Gasteiger partial charge is 0.332 e. The van der Waals surface area contributed by atoms with E-state index in [9.17, 15) is 4.79 Å². The molecule has 3 atom stereocenters. The molecule has 2 N–H and O–H groups in total. The summed E-state index contributed by atoms with van der Waals surface area (Å²) in [6.07, 6.45) is 3.52. The molecule has 5 heteroatoms. The van der Waals surface area contributed by atoms with Gasteiger partial charge in [0.15, 0.2) is 6.04 Å². The lowest BCUT2D eigenvalue weighted by Crippen LogP contribution is -3.29. The first-order valence-electron chi connectivity index (χ1n) is 10.5. The number of quaternary nitrogens is 2. The first-order valence-corrected chi connectivity index (χ1v) is 10.5. The molecule has 0 radical (unpaired) electrons. The summed E-state index contributed by atoms with van der Waals surface area (Å²) in [5.74, 6) is 0.347. The molecule has 0 bridgehead atoms. The number of amides is 1. The van der Waals surface area contributed by atoms with Crippen molar-refractivity contribution in [3.8, 4) is 6.07 Å². The summed E-state index contributed by atoms with van der Waals surface area (Å²) in [7, 11) is 0. The molecule has 3 rings (SSSR count). The smallest absolute Gasteiger partial charge is 0.281 e. The Balaban J connectivity index is 1.52. The molecule has 0 aromatic heterocycles. The van der Waals surface area contributed by atoms with Gasteiger partial charge in [-0.25, -0.2) is 0 Å². The number of nitrogens with zero attached hydrogens (tertiary/aromatic N) is 2. The van der Waals surface area contributed by atoms with Gasteiger partial charge in [-0.3, -0.25) is 4.79 Å². The summed E-state index contributed by atoms with van der Waals surface area (Å²) in [6, 6.07) is 10.9. The number of nitrogens with one attached hydrogen (secondary N) is 2. The summed E-state index contributed by atoms with van der Waals surface area (Å²) in [5, 5.41) is 8.91. The molecule has 2 aliphatic heterocycles. The first kappa shape index (κ1) is 19.9. The third-order valence-corrected chi connectivity index (χ3v) is 6.57. The number of benzene rings is 1. The van der Waals surface area contributed by atoms with Crippen LogP contribution in [0.3, 0.4) is 0 Å². The van der Waals surface area contributed by atoms with Crippen molar-refractivity contribution in [2.24, 2.45) is 0 Å². The standard InChI is InChI=1S/C22H32N4O/c1-17-5-4-6-18(2)26(17)22(27)19(3)25-13-11-24(12-14-25)16-21-9-7-20(15-23)8-10-21/h7-10,17-19H,4-6,11-14,16H2,1-3H3/p+2/t17-,18-,19-/m1/s1. The SMILES string of the molecule is C[C@@H]1CCC[C@@H](C)N1C(=O)[C@@H](C)[NH+]1CC[NH+](Cc2ccc(C#N)cc2)CC1. The van der Waals surface area contributed by atoms with Gasteiger partial charge < -0.3 is 14.7 Å². The zero-order chi connectivity index (χ0) is 19.4. The van der Waals surface area contributed by atoms with E-state index in [2.05, 4.69) is 43.9 Å². The van der Waals surface area contributed by atoms with Crippen LogP contribution >= 0.6 is 0 Å². The molecule has 0 saturated carbocycles. The lowest BCUT2D eigenvalue weighted by Gasteiger charge is -2.42. The van der Waals surface area contributed by atoms with Crippen molar-refractivity contribution in [3.63, 3.8) is 0 Å². The van der Waals surface area contributed by atoms with E-state index in [0.717, 1.165) is 51.1 Å². The van der Waals surface area contributed by atoms with E-state index < -0.39 is 0 Å². The zero-order valence-corrected chi connectivity index (χ0v) is 17.0. The molecule has 5 nitrogen and oxygen atoms in total. The van der Waals surface area contributed by atoms with Gasteiger partial charge in [0.1, 0.15) is 32.7 Å². The number of piperidine rings is 1. The highest BCUT2D eigenvalue weighted by Gasteiger charge is 2.37. The predicted octanol–water partition coefficient (Wildman–Crippen LogP) is 0.0197. The van der Waals surface area contributed by atoms with Crippen LogP contribution in [-0.4, -0.2) is 55.1 Å². The number of carbonyl (C=O) groups is 1. The first-order chi connectivity index (χ1) is 13.0.